The molecule has 0 atom stereocenters. The number of aromatic hydroxyl groups is 1. The molecule has 0 bridgehead atoms. The van der Waals surface area contributed by atoms with Crippen LogP contribution in [0.5, 0.6) is 11.5 Å². The minimum absolute atomic E-state index is 0.0457. The first-order valence-corrected chi connectivity index (χ1v) is 4.35. The summed E-state index contributed by atoms with van der Waals surface area (Å²) in [6, 6.07) is 2.80. The average Bonchev–Trinajstić information content (AvgIpc) is 2.27. The van der Waals surface area contributed by atoms with Crippen LogP contribution in [0.15, 0.2) is 18.2 Å². The molecule has 1 rings (SSSR count). The topological polar surface area (TPSA) is 83.8 Å². The summed E-state index contributed by atoms with van der Waals surface area (Å²) in [7, 11) is 1.34. The van der Waals surface area contributed by atoms with Crippen molar-refractivity contribution < 1.29 is 24.5 Å². The monoisotopic (exact) mass is 222 g/mol. The highest BCUT2D eigenvalue weighted by atomic mass is 16.5. The third-order valence-electron chi connectivity index (χ3n) is 1.89. The number of aldehydes is 1. The van der Waals surface area contributed by atoms with Crippen molar-refractivity contribution in [2.75, 3.05) is 7.11 Å². The van der Waals surface area contributed by atoms with E-state index in [1.54, 1.807) is 0 Å². The predicted molar refractivity (Wildman–Crippen MR) is 56.7 cm³/mol. The van der Waals surface area contributed by atoms with Gasteiger partial charge >= 0.3 is 5.97 Å². The van der Waals surface area contributed by atoms with Gasteiger partial charge in [0.2, 0.25) is 0 Å². The third kappa shape index (κ3) is 2.60. The molecule has 0 aliphatic carbocycles. The molecule has 0 aromatic heterocycles. The van der Waals surface area contributed by atoms with Crippen LogP contribution in [0.4, 0.5) is 0 Å². The van der Waals surface area contributed by atoms with Gasteiger partial charge in [0.15, 0.2) is 17.8 Å². The summed E-state index contributed by atoms with van der Waals surface area (Å²) >= 11 is 0. The number of benzene rings is 1. The number of carbonyl (C=O) groups excluding carboxylic acids is 1. The number of hydrogen-bond donors (Lipinski definition) is 2. The lowest BCUT2D eigenvalue weighted by atomic mass is 10.1. The van der Waals surface area contributed by atoms with E-state index in [1.807, 2.05) is 0 Å². The van der Waals surface area contributed by atoms with E-state index in [2.05, 4.69) is 0 Å². The van der Waals surface area contributed by atoms with Crippen molar-refractivity contribution in [3.05, 3.63) is 29.3 Å². The second-order valence-electron chi connectivity index (χ2n) is 2.95. The van der Waals surface area contributed by atoms with Gasteiger partial charge in [-0.15, -0.1) is 0 Å². The van der Waals surface area contributed by atoms with Crippen molar-refractivity contribution in [2.45, 2.75) is 0 Å². The van der Waals surface area contributed by atoms with Crippen LogP contribution in [0, 0.1) is 0 Å². The fraction of sp³-hybridized carbons (Fsp3) is 0.0909. The van der Waals surface area contributed by atoms with Gasteiger partial charge in [-0.25, -0.2) is 4.79 Å². The molecule has 0 aliphatic heterocycles. The van der Waals surface area contributed by atoms with Gasteiger partial charge in [0.05, 0.1) is 12.7 Å². The summed E-state index contributed by atoms with van der Waals surface area (Å²) in [5.41, 5.74) is 0.503. The number of methoxy groups -OCH3 is 1. The first-order chi connectivity index (χ1) is 7.58. The first-order valence-electron chi connectivity index (χ1n) is 4.35. The Kier molecular flexibility index (Phi) is 3.66. The summed E-state index contributed by atoms with van der Waals surface area (Å²) in [6.07, 6.45) is 2.70. The molecule has 1 aromatic carbocycles. The molecule has 1 aromatic rings. The van der Waals surface area contributed by atoms with E-state index >= 15 is 0 Å². The summed E-state index contributed by atoms with van der Waals surface area (Å²) in [6.45, 7) is 0. The first kappa shape index (κ1) is 11.8. The van der Waals surface area contributed by atoms with Crippen LogP contribution in [0.25, 0.3) is 6.08 Å². The van der Waals surface area contributed by atoms with Gasteiger partial charge in [0.1, 0.15) is 0 Å². The van der Waals surface area contributed by atoms with Crippen LogP contribution >= 0.6 is 0 Å². The number of hydrogen-bond acceptors (Lipinski definition) is 4. The summed E-state index contributed by atoms with van der Waals surface area (Å²) in [4.78, 5) is 20.9. The maximum absolute atomic E-state index is 10.6. The number of rotatable bonds is 4. The molecule has 0 saturated heterocycles. The fourth-order valence-corrected chi connectivity index (χ4v) is 1.16. The molecule has 16 heavy (non-hydrogen) atoms. The smallest absolute Gasteiger partial charge is 0.328 e. The summed E-state index contributed by atoms with van der Waals surface area (Å²) in [5, 5.41) is 17.9. The molecule has 5 nitrogen and oxygen atoms in total. The highest BCUT2D eigenvalue weighted by Crippen LogP contribution is 2.30. The van der Waals surface area contributed by atoms with Crippen molar-refractivity contribution in [2.24, 2.45) is 0 Å². The molecule has 0 aliphatic rings. The van der Waals surface area contributed by atoms with E-state index in [-0.39, 0.29) is 17.1 Å². The quantitative estimate of drug-likeness (QED) is 0.592. The van der Waals surface area contributed by atoms with E-state index in [0.717, 1.165) is 6.08 Å². The van der Waals surface area contributed by atoms with Gasteiger partial charge in [0.25, 0.3) is 0 Å². The second-order valence-corrected chi connectivity index (χ2v) is 2.95. The van der Waals surface area contributed by atoms with Gasteiger partial charge < -0.3 is 14.9 Å². The minimum Gasteiger partial charge on any atom is -0.504 e. The molecule has 0 unspecified atom stereocenters. The fourth-order valence-electron chi connectivity index (χ4n) is 1.16. The number of phenolic OH excluding ortho intramolecular Hbond substituents is 1. The van der Waals surface area contributed by atoms with Crippen LogP contribution in [-0.4, -0.2) is 29.6 Å². The van der Waals surface area contributed by atoms with E-state index in [1.165, 1.54) is 25.3 Å². The van der Waals surface area contributed by atoms with Crippen molar-refractivity contribution in [1.29, 1.82) is 0 Å². The van der Waals surface area contributed by atoms with Crippen molar-refractivity contribution >= 4 is 18.3 Å². The predicted octanol–water partition coefficient (Wildman–Crippen LogP) is 1.31. The molecule has 0 fully saturated rings. The summed E-state index contributed by atoms with van der Waals surface area (Å²) < 4.78 is 4.84. The van der Waals surface area contributed by atoms with Gasteiger partial charge in [0, 0.05) is 6.08 Å². The highest BCUT2D eigenvalue weighted by Gasteiger charge is 2.08. The number of carboxylic acid groups (broad SMARTS) is 1. The lowest BCUT2D eigenvalue weighted by molar-refractivity contribution is -0.131. The maximum Gasteiger partial charge on any atom is 0.328 e. The Bertz CT molecular complexity index is 448. The van der Waals surface area contributed by atoms with Crippen molar-refractivity contribution in [1.82, 2.24) is 0 Å². The van der Waals surface area contributed by atoms with Gasteiger partial charge in [-0.1, -0.05) is 0 Å². The van der Waals surface area contributed by atoms with Crippen LogP contribution in [0.3, 0.4) is 0 Å². The van der Waals surface area contributed by atoms with E-state index in [4.69, 9.17) is 9.84 Å². The van der Waals surface area contributed by atoms with E-state index in [0.29, 0.717) is 11.8 Å². The average molecular weight is 222 g/mol. The SMILES string of the molecule is COc1cc(/C=C/C(=O)O)cc(C=O)c1O. The molecule has 0 radical (unpaired) electrons. The Hall–Kier alpha value is -2.30. The minimum atomic E-state index is -1.10. The van der Waals surface area contributed by atoms with Crippen LogP contribution in [0.1, 0.15) is 15.9 Å². The Morgan fingerprint density at radius 1 is 1.44 bits per heavy atom. The number of aliphatic carboxylic acids is 1. The molecule has 5 heteroatoms. The Labute approximate surface area is 91.6 Å². The number of carboxylic acids is 1. The van der Waals surface area contributed by atoms with Crippen LogP contribution in [0.2, 0.25) is 0 Å². The molecule has 0 heterocycles. The maximum atomic E-state index is 10.6. The molecule has 0 saturated carbocycles. The van der Waals surface area contributed by atoms with Gasteiger partial charge in [-0.2, -0.15) is 0 Å². The molecule has 84 valence electrons. The number of ether oxygens (including phenoxy) is 1. The molecule has 0 spiro atoms. The Balaban J connectivity index is 3.21. The zero-order valence-corrected chi connectivity index (χ0v) is 8.51. The lowest BCUT2D eigenvalue weighted by Crippen LogP contribution is -1.91. The number of phenols is 1. The van der Waals surface area contributed by atoms with Crippen molar-refractivity contribution in [3.8, 4) is 11.5 Å². The lowest BCUT2D eigenvalue weighted by Gasteiger charge is -2.06. The highest BCUT2D eigenvalue weighted by molar-refractivity contribution is 5.87. The van der Waals surface area contributed by atoms with Gasteiger partial charge in [-0.05, 0) is 23.8 Å². The van der Waals surface area contributed by atoms with Crippen molar-refractivity contribution in [3.63, 3.8) is 0 Å². The zero-order valence-electron chi connectivity index (χ0n) is 8.51. The van der Waals surface area contributed by atoms with E-state index in [9.17, 15) is 14.7 Å². The largest absolute Gasteiger partial charge is 0.504 e. The molecule has 2 N–H and O–H groups in total. The van der Waals surface area contributed by atoms with Gasteiger partial charge in [-0.3, -0.25) is 4.79 Å². The standard InChI is InChI=1S/C11H10O5/c1-16-9-5-7(2-3-10(13)14)4-8(6-12)11(9)15/h2-6,15H,1H3,(H,13,14)/b3-2+. The number of carbonyl (C=O) groups is 2. The molecule has 0 amide bonds. The van der Waals surface area contributed by atoms with E-state index < -0.39 is 5.97 Å². The second kappa shape index (κ2) is 4.97. The summed E-state index contributed by atoms with van der Waals surface area (Å²) in [5.74, 6) is -1.24. The third-order valence-corrected chi connectivity index (χ3v) is 1.89. The Morgan fingerprint density at radius 2 is 2.12 bits per heavy atom. The molecular formula is C11H10O5. The normalized spacial score (nSPS) is 10.3. The van der Waals surface area contributed by atoms with Crippen LogP contribution < -0.4 is 4.74 Å². The molecular weight excluding hydrogens is 212 g/mol. The zero-order chi connectivity index (χ0) is 12.1. The van der Waals surface area contributed by atoms with Crippen LogP contribution in [-0.2, 0) is 4.79 Å². The Morgan fingerprint density at radius 3 is 2.62 bits per heavy atom.